The van der Waals surface area contributed by atoms with Crippen LogP contribution in [0.2, 0.25) is 10.2 Å². The molecule has 2 unspecified atom stereocenters. The second-order valence-electron chi connectivity index (χ2n) is 10.9. The Kier molecular flexibility index (Phi) is 11.7. The van der Waals surface area contributed by atoms with Gasteiger partial charge in [-0.15, -0.1) is 0 Å². The largest absolute Gasteiger partial charge is 0.497 e. The number of imidazole rings is 1. The van der Waals surface area contributed by atoms with Crippen LogP contribution in [0.1, 0.15) is 68.5 Å². The molecule has 12 nitrogen and oxygen atoms in total. The van der Waals surface area contributed by atoms with Gasteiger partial charge in [-0.2, -0.15) is 0 Å². The fourth-order valence-corrected chi connectivity index (χ4v) is 5.82. The van der Waals surface area contributed by atoms with Gasteiger partial charge in [0.1, 0.15) is 34.4 Å². The van der Waals surface area contributed by atoms with Crippen LogP contribution in [0.5, 0.6) is 17.2 Å². The molecule has 2 aromatic heterocycles. The molecule has 2 aromatic carbocycles. The highest BCUT2D eigenvalue weighted by atomic mass is 35.5. The number of esters is 1. The lowest BCUT2D eigenvalue weighted by molar-refractivity contribution is -0.483. The summed E-state index contributed by atoms with van der Waals surface area (Å²) in [6.07, 6.45) is 2.35. The fraction of sp³-hybridized carbons (Fsp3) is 0.406. The molecule has 0 bridgehead atoms. The predicted molar refractivity (Wildman–Crippen MR) is 175 cm³/mol. The maximum atomic E-state index is 15.9. The Balaban J connectivity index is 1.81. The van der Waals surface area contributed by atoms with Gasteiger partial charge in [-0.05, 0) is 39.0 Å². The van der Waals surface area contributed by atoms with Crippen molar-refractivity contribution in [2.45, 2.75) is 58.6 Å². The molecule has 4 rings (SSSR count). The summed E-state index contributed by atoms with van der Waals surface area (Å²) >= 11 is 13.1. The fourth-order valence-electron chi connectivity index (χ4n) is 5.33. The number of nitrogens with zero attached hydrogens (tertiary/aromatic N) is 4. The van der Waals surface area contributed by atoms with Gasteiger partial charge in [-0.3, -0.25) is 19.3 Å². The smallest absolute Gasteiger partial charge is 0.306 e. The van der Waals surface area contributed by atoms with Gasteiger partial charge in [0.2, 0.25) is 6.54 Å². The maximum absolute atomic E-state index is 15.9. The highest BCUT2D eigenvalue weighted by Crippen LogP contribution is 2.44. The minimum Gasteiger partial charge on any atom is -0.497 e. The van der Waals surface area contributed by atoms with Crippen molar-refractivity contribution in [1.82, 2.24) is 14.4 Å². The van der Waals surface area contributed by atoms with Crippen LogP contribution in [0.3, 0.4) is 0 Å². The lowest BCUT2D eigenvalue weighted by Crippen LogP contribution is -2.22. The molecule has 0 radical (unpaired) electrons. The number of methoxy groups -OCH3 is 2. The average Bonchev–Trinajstić information content (AvgIpc) is 3.37. The van der Waals surface area contributed by atoms with Crippen molar-refractivity contribution in [1.29, 1.82) is 0 Å². The highest BCUT2D eigenvalue weighted by Gasteiger charge is 2.34. The van der Waals surface area contributed by atoms with Crippen molar-refractivity contribution in [2.75, 3.05) is 32.7 Å². The summed E-state index contributed by atoms with van der Waals surface area (Å²) in [6, 6.07) is 6.87. The SMILES string of the molecule is CCOC(=O)CC(C[N+](=O)[O-])c1c(F)c(Cl)cc(C(C)c2nc(Cl)c3c(NCc4ccc(OC)cc4OC)nccn23)c1OC(C)C. The number of hydrogen-bond acceptors (Lipinski definition) is 10. The lowest BCUT2D eigenvalue weighted by Gasteiger charge is -2.25. The summed E-state index contributed by atoms with van der Waals surface area (Å²) in [5.74, 6) is -1.28. The van der Waals surface area contributed by atoms with E-state index in [1.807, 2.05) is 12.1 Å². The van der Waals surface area contributed by atoms with Gasteiger partial charge in [0.05, 0.1) is 44.3 Å². The molecule has 0 aliphatic rings. The number of benzene rings is 2. The molecule has 0 saturated heterocycles. The summed E-state index contributed by atoms with van der Waals surface area (Å²) in [6.45, 7) is 6.54. The minimum absolute atomic E-state index is 0.0393. The molecule has 0 aliphatic heterocycles. The van der Waals surface area contributed by atoms with E-state index in [1.165, 1.54) is 6.07 Å². The van der Waals surface area contributed by atoms with Crippen molar-refractivity contribution < 1.29 is 33.1 Å². The number of rotatable bonds is 15. The minimum atomic E-state index is -1.22. The van der Waals surface area contributed by atoms with Gasteiger partial charge in [0.25, 0.3) is 0 Å². The van der Waals surface area contributed by atoms with Crippen LogP contribution in [-0.4, -0.2) is 58.7 Å². The summed E-state index contributed by atoms with van der Waals surface area (Å²) in [7, 11) is 3.14. The van der Waals surface area contributed by atoms with E-state index in [-0.39, 0.29) is 28.1 Å². The van der Waals surface area contributed by atoms with E-state index in [2.05, 4.69) is 15.3 Å². The number of carbonyl (C=O) groups is 1. The lowest BCUT2D eigenvalue weighted by atomic mass is 9.88. The number of hydrogen-bond donors (Lipinski definition) is 1. The van der Waals surface area contributed by atoms with Crippen LogP contribution < -0.4 is 19.5 Å². The number of aromatic nitrogens is 3. The zero-order chi connectivity index (χ0) is 34.4. The quantitative estimate of drug-likeness (QED) is 0.0783. The number of fused-ring (bicyclic) bond motifs is 1. The van der Waals surface area contributed by atoms with E-state index >= 15 is 4.39 Å². The van der Waals surface area contributed by atoms with Crippen molar-refractivity contribution in [2.24, 2.45) is 0 Å². The Bertz CT molecular complexity index is 1770. The molecule has 0 aliphatic carbocycles. The Morgan fingerprint density at radius 2 is 1.91 bits per heavy atom. The first kappa shape index (κ1) is 35.5. The third-order valence-electron chi connectivity index (χ3n) is 7.42. The number of anilines is 1. The standard InChI is InChI=1S/C32H36Cl2FN5O7/c1-7-46-25(41)12-20(16-40(42)43)26-27(35)23(33)14-22(29(26)47-17(2)3)18(4)32-38-30(34)28-31(36-10-11-39(28)32)37-15-19-8-9-21(44-5)13-24(19)45-6/h8-11,13-14,17-18,20H,7,12,15-16H2,1-6H3,(H,36,37). The number of ether oxygens (including phenoxy) is 4. The molecule has 0 fully saturated rings. The second kappa shape index (κ2) is 15.5. The van der Waals surface area contributed by atoms with Crippen LogP contribution in [0.15, 0.2) is 36.7 Å². The molecule has 0 saturated carbocycles. The Hall–Kier alpha value is -4.36. The molecule has 1 N–H and O–H groups in total. The summed E-state index contributed by atoms with van der Waals surface area (Å²) in [5.41, 5.74) is 1.55. The topological polar surface area (TPSA) is 139 Å². The summed E-state index contributed by atoms with van der Waals surface area (Å²) < 4.78 is 39.6. The van der Waals surface area contributed by atoms with Crippen LogP contribution in [-0.2, 0) is 16.1 Å². The third kappa shape index (κ3) is 7.96. The second-order valence-corrected chi connectivity index (χ2v) is 11.7. The van der Waals surface area contributed by atoms with Gasteiger partial charge in [-0.1, -0.05) is 30.1 Å². The molecule has 47 heavy (non-hydrogen) atoms. The van der Waals surface area contributed by atoms with Crippen molar-refractivity contribution in [3.8, 4) is 17.2 Å². The van der Waals surface area contributed by atoms with E-state index in [4.69, 9.17) is 42.1 Å². The van der Waals surface area contributed by atoms with Crippen LogP contribution >= 0.6 is 23.2 Å². The Morgan fingerprint density at radius 1 is 1.17 bits per heavy atom. The molecule has 2 heterocycles. The predicted octanol–water partition coefficient (Wildman–Crippen LogP) is 7.06. The molecule has 0 amide bonds. The van der Waals surface area contributed by atoms with Crippen molar-refractivity contribution in [3.63, 3.8) is 0 Å². The molecule has 2 atom stereocenters. The van der Waals surface area contributed by atoms with E-state index in [0.717, 1.165) is 5.56 Å². The van der Waals surface area contributed by atoms with Crippen molar-refractivity contribution in [3.05, 3.63) is 85.3 Å². The molecular weight excluding hydrogens is 656 g/mol. The maximum Gasteiger partial charge on any atom is 0.306 e. The zero-order valence-corrected chi connectivity index (χ0v) is 28.3. The summed E-state index contributed by atoms with van der Waals surface area (Å²) in [4.78, 5) is 32.7. The monoisotopic (exact) mass is 691 g/mol. The van der Waals surface area contributed by atoms with Crippen LogP contribution in [0.25, 0.3) is 5.52 Å². The van der Waals surface area contributed by atoms with Crippen molar-refractivity contribution >= 4 is 40.5 Å². The molecule has 252 valence electrons. The molecular formula is C32H36Cl2FN5O7. The number of carbonyl (C=O) groups excluding carboxylic acids is 1. The van der Waals surface area contributed by atoms with Crippen LogP contribution in [0, 0.1) is 15.9 Å². The Morgan fingerprint density at radius 3 is 2.55 bits per heavy atom. The van der Waals surface area contributed by atoms with Gasteiger partial charge in [0, 0.05) is 52.5 Å². The normalized spacial score (nSPS) is 12.6. The molecule has 15 heteroatoms. The van der Waals surface area contributed by atoms with E-state index in [9.17, 15) is 14.9 Å². The van der Waals surface area contributed by atoms with Gasteiger partial charge in [-0.25, -0.2) is 14.4 Å². The molecule has 4 aromatic rings. The number of halogens is 3. The number of nitro groups is 1. The van der Waals surface area contributed by atoms with E-state index < -0.39 is 47.6 Å². The van der Waals surface area contributed by atoms with Gasteiger partial charge in [0.15, 0.2) is 11.0 Å². The first-order valence-corrected chi connectivity index (χ1v) is 15.6. The summed E-state index contributed by atoms with van der Waals surface area (Å²) in [5, 5.41) is 14.8. The van der Waals surface area contributed by atoms with Gasteiger partial charge >= 0.3 is 5.97 Å². The Labute approximate surface area is 281 Å². The molecule has 0 spiro atoms. The van der Waals surface area contributed by atoms with E-state index in [1.54, 1.807) is 64.8 Å². The van der Waals surface area contributed by atoms with Crippen LogP contribution in [0.4, 0.5) is 10.2 Å². The van der Waals surface area contributed by atoms with E-state index in [0.29, 0.717) is 40.8 Å². The zero-order valence-electron chi connectivity index (χ0n) is 26.8. The first-order chi connectivity index (χ1) is 22.4. The highest BCUT2D eigenvalue weighted by molar-refractivity contribution is 6.33. The first-order valence-electron chi connectivity index (χ1n) is 14.8. The van der Waals surface area contributed by atoms with Gasteiger partial charge < -0.3 is 24.3 Å². The third-order valence-corrected chi connectivity index (χ3v) is 7.96. The average molecular weight is 693 g/mol. The number of nitrogens with one attached hydrogen (secondary N) is 1.